The van der Waals surface area contributed by atoms with Gasteiger partial charge in [0.15, 0.2) is 11.0 Å². The number of amides is 2. The Balaban J connectivity index is 1.80. The lowest BCUT2D eigenvalue weighted by Crippen LogP contribution is -2.32. The third kappa shape index (κ3) is 7.85. The minimum Gasteiger partial charge on any atom is -0.342 e. The van der Waals surface area contributed by atoms with Crippen LogP contribution in [0.3, 0.4) is 0 Å². The molecule has 0 aliphatic rings. The van der Waals surface area contributed by atoms with Gasteiger partial charge in [-0.2, -0.15) is 0 Å². The molecular weight excluding hydrogens is 609 g/mol. The number of nitrogens with one attached hydrogen (secondary N) is 2. The fourth-order valence-electron chi connectivity index (χ4n) is 3.99. The molecule has 0 saturated carbocycles. The fraction of sp³-hybridized carbons (Fsp3) is 0.333. The Labute approximate surface area is 245 Å². The molecule has 11 heteroatoms. The summed E-state index contributed by atoms with van der Waals surface area (Å²) in [5.41, 5.74) is 3.07. The van der Waals surface area contributed by atoms with E-state index < -0.39 is 6.04 Å². The Hall–Kier alpha value is -2.33. The number of carbonyl (C=O) groups excluding carboxylic acids is 2. The van der Waals surface area contributed by atoms with Gasteiger partial charge in [-0.15, -0.1) is 16.8 Å². The first-order valence-electron chi connectivity index (χ1n) is 12.0. The Kier molecular flexibility index (Phi) is 10.8. The maximum absolute atomic E-state index is 13.1. The van der Waals surface area contributed by atoms with E-state index in [0.29, 0.717) is 34.5 Å². The number of carbonyl (C=O) groups is 2. The van der Waals surface area contributed by atoms with Gasteiger partial charge in [-0.3, -0.25) is 9.59 Å². The van der Waals surface area contributed by atoms with Crippen molar-refractivity contribution in [2.24, 2.45) is 5.92 Å². The SMILES string of the molecule is C=CCn1c(SCC(=O)Nc2c(C)cc(Br)cc2C)nnc1[C@H](CC(C)C)NC(=O)c1ccc(Cl)cc1Cl. The zero-order valence-corrected chi connectivity index (χ0v) is 25.6. The molecule has 0 fully saturated rings. The lowest BCUT2D eigenvalue weighted by Gasteiger charge is -2.21. The highest BCUT2D eigenvalue weighted by Gasteiger charge is 2.25. The number of benzene rings is 2. The lowest BCUT2D eigenvalue weighted by atomic mass is 10.0. The van der Waals surface area contributed by atoms with Crippen molar-refractivity contribution < 1.29 is 9.59 Å². The zero-order chi connectivity index (χ0) is 28.0. The second kappa shape index (κ2) is 13.6. The van der Waals surface area contributed by atoms with E-state index >= 15 is 0 Å². The molecule has 0 unspecified atom stereocenters. The van der Waals surface area contributed by atoms with E-state index in [1.54, 1.807) is 18.2 Å². The Morgan fingerprint density at radius 3 is 2.45 bits per heavy atom. The van der Waals surface area contributed by atoms with Gasteiger partial charge in [0.1, 0.15) is 0 Å². The van der Waals surface area contributed by atoms with E-state index in [1.807, 2.05) is 30.5 Å². The maximum Gasteiger partial charge on any atom is 0.253 e. The minimum atomic E-state index is -0.432. The van der Waals surface area contributed by atoms with E-state index in [-0.39, 0.29) is 28.5 Å². The first-order valence-corrected chi connectivity index (χ1v) is 14.5. The Morgan fingerprint density at radius 2 is 1.84 bits per heavy atom. The number of aromatic nitrogens is 3. The number of halogens is 3. The van der Waals surface area contributed by atoms with Gasteiger partial charge in [0.25, 0.3) is 5.91 Å². The van der Waals surface area contributed by atoms with Crippen molar-refractivity contribution in [3.63, 3.8) is 0 Å². The van der Waals surface area contributed by atoms with Gasteiger partial charge in [-0.25, -0.2) is 0 Å². The van der Waals surface area contributed by atoms with Crippen LogP contribution in [0.15, 0.2) is 52.6 Å². The van der Waals surface area contributed by atoms with Gasteiger partial charge in [0, 0.05) is 21.7 Å². The molecule has 0 saturated heterocycles. The standard InChI is InChI=1S/C27H30BrCl2N5O2S/c1-6-9-35-25(22(10-15(2)3)31-26(37)20-8-7-19(29)13-21(20)30)33-34-27(35)38-14-23(36)32-24-16(4)11-18(28)12-17(24)5/h6-8,11-13,15,22H,1,9-10,14H2,2-5H3,(H,31,37)(H,32,36)/t22-/m0/s1. The molecule has 202 valence electrons. The van der Waals surface area contributed by atoms with Gasteiger partial charge in [-0.05, 0) is 67.6 Å². The topological polar surface area (TPSA) is 88.9 Å². The van der Waals surface area contributed by atoms with E-state index in [4.69, 9.17) is 23.2 Å². The molecule has 1 heterocycles. The summed E-state index contributed by atoms with van der Waals surface area (Å²) in [7, 11) is 0. The number of anilines is 1. The maximum atomic E-state index is 13.1. The Morgan fingerprint density at radius 1 is 1.16 bits per heavy atom. The van der Waals surface area contributed by atoms with E-state index in [2.05, 4.69) is 57.2 Å². The quantitative estimate of drug-likeness (QED) is 0.169. The molecular formula is C27H30BrCl2N5O2S. The van der Waals surface area contributed by atoms with Crippen molar-refractivity contribution in [3.05, 3.63) is 80.0 Å². The van der Waals surface area contributed by atoms with Crippen molar-refractivity contribution in [2.75, 3.05) is 11.1 Å². The van der Waals surface area contributed by atoms with Crippen LogP contribution in [-0.2, 0) is 11.3 Å². The van der Waals surface area contributed by atoms with Gasteiger partial charge in [0.2, 0.25) is 5.91 Å². The van der Waals surface area contributed by atoms with E-state index in [0.717, 1.165) is 21.3 Å². The highest BCUT2D eigenvalue weighted by molar-refractivity contribution is 9.10. The first-order chi connectivity index (χ1) is 18.0. The normalized spacial score (nSPS) is 11.9. The van der Waals surface area contributed by atoms with Crippen LogP contribution in [0.5, 0.6) is 0 Å². The van der Waals surface area contributed by atoms with Crippen molar-refractivity contribution in [1.82, 2.24) is 20.1 Å². The van der Waals surface area contributed by atoms with Crippen LogP contribution in [0.25, 0.3) is 0 Å². The van der Waals surface area contributed by atoms with Crippen molar-refractivity contribution in [1.29, 1.82) is 0 Å². The number of rotatable bonds is 11. The molecule has 3 rings (SSSR count). The number of aryl methyl sites for hydroxylation is 2. The van der Waals surface area contributed by atoms with Crippen LogP contribution in [0, 0.1) is 19.8 Å². The van der Waals surface area contributed by atoms with E-state index in [1.165, 1.54) is 17.8 Å². The summed E-state index contributed by atoms with van der Waals surface area (Å²) in [5.74, 6) is 0.502. The molecule has 0 aliphatic carbocycles. The minimum absolute atomic E-state index is 0.145. The van der Waals surface area contributed by atoms with Crippen LogP contribution < -0.4 is 10.6 Å². The molecule has 2 amide bonds. The molecule has 2 N–H and O–H groups in total. The fourth-order valence-corrected chi connectivity index (χ4v) is 5.92. The average molecular weight is 639 g/mol. The van der Waals surface area contributed by atoms with Gasteiger partial charge < -0.3 is 15.2 Å². The largest absolute Gasteiger partial charge is 0.342 e. The molecule has 2 aromatic carbocycles. The summed E-state index contributed by atoms with van der Waals surface area (Å²) in [6, 6.07) is 8.24. The van der Waals surface area contributed by atoms with Crippen LogP contribution in [0.4, 0.5) is 5.69 Å². The summed E-state index contributed by atoms with van der Waals surface area (Å²) in [6.45, 7) is 12.3. The van der Waals surface area contributed by atoms with Gasteiger partial charge in [0.05, 0.1) is 22.4 Å². The van der Waals surface area contributed by atoms with Crippen LogP contribution in [-0.4, -0.2) is 32.3 Å². The average Bonchev–Trinajstić information content (AvgIpc) is 3.22. The second-order valence-corrected chi connectivity index (χ2v) is 12.0. The predicted molar refractivity (Wildman–Crippen MR) is 159 cm³/mol. The number of allylic oxidation sites excluding steroid dienone is 1. The molecule has 38 heavy (non-hydrogen) atoms. The third-order valence-corrected chi connectivity index (χ3v) is 7.62. The van der Waals surface area contributed by atoms with Gasteiger partial charge in [-0.1, -0.05) is 70.8 Å². The zero-order valence-electron chi connectivity index (χ0n) is 21.6. The Bertz CT molecular complexity index is 1320. The molecule has 0 radical (unpaired) electrons. The molecule has 1 atom stereocenters. The van der Waals surface area contributed by atoms with Crippen LogP contribution >= 0.6 is 50.9 Å². The summed E-state index contributed by atoms with van der Waals surface area (Å²) in [6.07, 6.45) is 2.36. The second-order valence-electron chi connectivity index (χ2n) is 9.27. The smallest absolute Gasteiger partial charge is 0.253 e. The van der Waals surface area contributed by atoms with Crippen LogP contribution in [0.1, 0.15) is 53.6 Å². The van der Waals surface area contributed by atoms with E-state index in [9.17, 15) is 9.59 Å². The summed E-state index contributed by atoms with van der Waals surface area (Å²) in [4.78, 5) is 25.9. The highest BCUT2D eigenvalue weighted by atomic mass is 79.9. The van der Waals surface area contributed by atoms with Gasteiger partial charge >= 0.3 is 0 Å². The van der Waals surface area contributed by atoms with Crippen molar-refractivity contribution in [2.45, 2.75) is 51.9 Å². The third-order valence-electron chi connectivity index (χ3n) is 5.65. The summed E-state index contributed by atoms with van der Waals surface area (Å²) >= 11 is 17.0. The van der Waals surface area contributed by atoms with Crippen molar-refractivity contribution in [3.8, 4) is 0 Å². The summed E-state index contributed by atoms with van der Waals surface area (Å²) < 4.78 is 2.84. The monoisotopic (exact) mass is 637 g/mol. The number of nitrogens with zero attached hydrogens (tertiary/aromatic N) is 3. The first kappa shape index (κ1) is 30.2. The number of hydrogen-bond acceptors (Lipinski definition) is 5. The predicted octanol–water partition coefficient (Wildman–Crippen LogP) is 7.40. The molecule has 7 nitrogen and oxygen atoms in total. The molecule has 0 aliphatic heterocycles. The number of hydrogen-bond donors (Lipinski definition) is 2. The highest BCUT2D eigenvalue weighted by Crippen LogP contribution is 2.28. The number of thioether (sulfide) groups is 1. The molecule has 0 bridgehead atoms. The lowest BCUT2D eigenvalue weighted by molar-refractivity contribution is -0.113. The van der Waals surface area contributed by atoms with Crippen LogP contribution in [0.2, 0.25) is 10.0 Å². The summed E-state index contributed by atoms with van der Waals surface area (Å²) in [5, 5.41) is 16.1. The molecule has 0 spiro atoms. The molecule has 3 aromatic rings. The van der Waals surface area contributed by atoms with Crippen molar-refractivity contribution >= 4 is 68.4 Å². The molecule has 1 aromatic heterocycles.